The molecule has 0 radical (unpaired) electrons. The molecule has 8 heteroatoms. The van der Waals surface area contributed by atoms with Crippen molar-refractivity contribution in [2.24, 2.45) is 5.14 Å². The Morgan fingerprint density at radius 1 is 1.30 bits per heavy atom. The highest BCUT2D eigenvalue weighted by molar-refractivity contribution is 7.89. The highest BCUT2D eigenvalue weighted by Gasteiger charge is 2.28. The van der Waals surface area contributed by atoms with Crippen molar-refractivity contribution in [3.05, 3.63) is 47.5 Å². The standard InChI is InChI=1S/C19H23N3O4S/c1-12-4-7-18(26-3)16(8-12)21-19(23)11-22-13(2)9-14-10-15(27(20,24)25)5-6-17(14)22/h4-8,10,13H,9,11H2,1-3H3,(H,21,23)(H2,20,24,25). The number of aryl methyl sites for hydroxylation is 1. The number of benzene rings is 2. The smallest absolute Gasteiger partial charge is 0.244 e. The topological polar surface area (TPSA) is 102 Å². The summed E-state index contributed by atoms with van der Waals surface area (Å²) in [6.07, 6.45) is 0.653. The lowest BCUT2D eigenvalue weighted by Crippen LogP contribution is -2.37. The van der Waals surface area contributed by atoms with Crippen molar-refractivity contribution >= 4 is 27.3 Å². The van der Waals surface area contributed by atoms with E-state index >= 15 is 0 Å². The largest absolute Gasteiger partial charge is 0.495 e. The van der Waals surface area contributed by atoms with Gasteiger partial charge in [0.15, 0.2) is 0 Å². The van der Waals surface area contributed by atoms with Crippen molar-refractivity contribution in [2.75, 3.05) is 23.9 Å². The Morgan fingerprint density at radius 3 is 2.70 bits per heavy atom. The first-order valence-electron chi connectivity index (χ1n) is 8.56. The van der Waals surface area contributed by atoms with Gasteiger partial charge in [-0.25, -0.2) is 13.6 Å². The first-order chi connectivity index (χ1) is 12.7. The molecule has 0 bridgehead atoms. The second-order valence-corrected chi connectivity index (χ2v) is 8.33. The number of carbonyl (C=O) groups excluding carboxylic acids is 1. The van der Waals surface area contributed by atoms with Crippen LogP contribution in [0.25, 0.3) is 0 Å². The van der Waals surface area contributed by atoms with E-state index in [9.17, 15) is 13.2 Å². The number of fused-ring (bicyclic) bond motifs is 1. The van der Waals surface area contributed by atoms with E-state index in [4.69, 9.17) is 9.88 Å². The molecule has 0 spiro atoms. The van der Waals surface area contributed by atoms with Gasteiger partial charge in [-0.1, -0.05) is 6.07 Å². The average Bonchev–Trinajstić information content (AvgIpc) is 2.89. The van der Waals surface area contributed by atoms with Gasteiger partial charge in [0.2, 0.25) is 15.9 Å². The zero-order chi connectivity index (χ0) is 19.8. The summed E-state index contributed by atoms with van der Waals surface area (Å²) in [6, 6.07) is 10.4. The molecule has 2 aromatic rings. The summed E-state index contributed by atoms with van der Waals surface area (Å²) >= 11 is 0. The Kier molecular flexibility index (Phi) is 5.12. The minimum Gasteiger partial charge on any atom is -0.495 e. The number of carbonyl (C=O) groups is 1. The highest BCUT2D eigenvalue weighted by atomic mass is 32.2. The summed E-state index contributed by atoms with van der Waals surface area (Å²) in [5.41, 5.74) is 3.36. The number of methoxy groups -OCH3 is 1. The van der Waals surface area contributed by atoms with Gasteiger partial charge in [0.25, 0.3) is 0 Å². The SMILES string of the molecule is COc1ccc(C)cc1NC(=O)CN1c2ccc(S(N)(=O)=O)cc2CC1C. The van der Waals surface area contributed by atoms with Crippen LogP contribution >= 0.6 is 0 Å². The Hall–Kier alpha value is -2.58. The van der Waals surface area contributed by atoms with Gasteiger partial charge in [-0.15, -0.1) is 0 Å². The van der Waals surface area contributed by atoms with Gasteiger partial charge in [0.05, 0.1) is 24.2 Å². The molecule has 1 atom stereocenters. The van der Waals surface area contributed by atoms with Crippen molar-refractivity contribution in [3.8, 4) is 5.75 Å². The fourth-order valence-electron chi connectivity index (χ4n) is 3.35. The molecule has 0 aromatic heterocycles. The van der Waals surface area contributed by atoms with Crippen molar-refractivity contribution < 1.29 is 17.9 Å². The first kappa shape index (κ1) is 19.2. The summed E-state index contributed by atoms with van der Waals surface area (Å²) in [5, 5.41) is 8.10. The van der Waals surface area contributed by atoms with Crippen LogP contribution in [0, 0.1) is 6.92 Å². The fraction of sp³-hybridized carbons (Fsp3) is 0.316. The summed E-state index contributed by atoms with van der Waals surface area (Å²) in [5.74, 6) is 0.427. The lowest BCUT2D eigenvalue weighted by atomic mass is 10.1. The van der Waals surface area contributed by atoms with Crippen LogP contribution in [0.5, 0.6) is 5.75 Å². The van der Waals surface area contributed by atoms with Gasteiger partial charge in [0, 0.05) is 11.7 Å². The average molecular weight is 389 g/mol. The predicted octanol–water partition coefficient (Wildman–Crippen LogP) is 2.04. The number of primary sulfonamides is 1. The summed E-state index contributed by atoms with van der Waals surface area (Å²) in [7, 11) is -2.19. The summed E-state index contributed by atoms with van der Waals surface area (Å²) < 4.78 is 28.4. The van der Waals surface area contributed by atoms with Crippen molar-refractivity contribution in [1.82, 2.24) is 0 Å². The molecule has 0 saturated carbocycles. The Balaban J connectivity index is 1.79. The number of amides is 1. The van der Waals surface area contributed by atoms with E-state index in [0.717, 1.165) is 16.8 Å². The molecule has 144 valence electrons. The van der Waals surface area contributed by atoms with Crippen LogP contribution in [0.4, 0.5) is 11.4 Å². The molecule has 1 amide bonds. The van der Waals surface area contributed by atoms with Gasteiger partial charge >= 0.3 is 0 Å². The Morgan fingerprint density at radius 2 is 2.04 bits per heavy atom. The lowest BCUT2D eigenvalue weighted by molar-refractivity contribution is -0.115. The first-order valence-corrected chi connectivity index (χ1v) is 10.1. The summed E-state index contributed by atoms with van der Waals surface area (Å²) in [6.45, 7) is 4.09. The Bertz CT molecular complexity index is 988. The number of hydrogen-bond donors (Lipinski definition) is 2. The molecule has 1 heterocycles. The minimum atomic E-state index is -3.75. The van der Waals surface area contributed by atoms with Gasteiger partial charge < -0.3 is 15.0 Å². The molecule has 7 nitrogen and oxygen atoms in total. The van der Waals surface area contributed by atoms with E-state index in [0.29, 0.717) is 17.9 Å². The number of sulfonamides is 1. The van der Waals surface area contributed by atoms with Crippen LogP contribution in [-0.4, -0.2) is 34.0 Å². The molecule has 1 unspecified atom stereocenters. The molecule has 3 N–H and O–H groups in total. The van der Waals surface area contributed by atoms with Crippen LogP contribution in [-0.2, 0) is 21.2 Å². The highest BCUT2D eigenvalue weighted by Crippen LogP contribution is 2.33. The van der Waals surface area contributed by atoms with E-state index in [2.05, 4.69) is 5.32 Å². The second kappa shape index (κ2) is 7.21. The van der Waals surface area contributed by atoms with Gasteiger partial charge in [-0.2, -0.15) is 0 Å². The number of nitrogens with zero attached hydrogens (tertiary/aromatic N) is 1. The monoisotopic (exact) mass is 389 g/mol. The van der Waals surface area contributed by atoms with Gasteiger partial charge in [0.1, 0.15) is 5.75 Å². The van der Waals surface area contributed by atoms with Crippen LogP contribution in [0.3, 0.4) is 0 Å². The molecule has 1 aliphatic heterocycles. The molecule has 0 saturated heterocycles. The molecular weight excluding hydrogens is 366 g/mol. The normalized spacial score (nSPS) is 16.1. The van der Waals surface area contributed by atoms with Crippen molar-refractivity contribution in [3.63, 3.8) is 0 Å². The molecule has 3 rings (SSSR count). The van der Waals surface area contributed by atoms with E-state index in [1.54, 1.807) is 19.2 Å². The maximum atomic E-state index is 12.6. The number of nitrogens with one attached hydrogen (secondary N) is 1. The molecule has 2 aromatic carbocycles. The molecule has 0 fully saturated rings. The van der Waals surface area contributed by atoms with Crippen molar-refractivity contribution in [1.29, 1.82) is 0 Å². The number of nitrogens with two attached hydrogens (primary N) is 1. The maximum Gasteiger partial charge on any atom is 0.244 e. The second-order valence-electron chi connectivity index (χ2n) is 6.77. The third-order valence-corrected chi connectivity index (χ3v) is 5.59. The van der Waals surface area contributed by atoms with E-state index in [1.807, 2.05) is 36.9 Å². The van der Waals surface area contributed by atoms with Crippen LogP contribution in [0.2, 0.25) is 0 Å². The zero-order valence-electron chi connectivity index (χ0n) is 15.5. The fourth-order valence-corrected chi connectivity index (χ4v) is 3.92. The van der Waals surface area contributed by atoms with E-state index < -0.39 is 10.0 Å². The van der Waals surface area contributed by atoms with E-state index in [1.165, 1.54) is 6.07 Å². The lowest BCUT2D eigenvalue weighted by Gasteiger charge is -2.24. The number of ether oxygens (including phenoxy) is 1. The Labute approximate surface area is 159 Å². The minimum absolute atomic E-state index is 0.0703. The molecule has 1 aliphatic rings. The number of rotatable bonds is 5. The third kappa shape index (κ3) is 4.06. The third-order valence-electron chi connectivity index (χ3n) is 4.68. The molecular formula is C19H23N3O4S. The van der Waals surface area contributed by atoms with Crippen molar-refractivity contribution in [2.45, 2.75) is 31.2 Å². The maximum absolute atomic E-state index is 12.6. The van der Waals surface area contributed by atoms with E-state index in [-0.39, 0.29) is 23.4 Å². The predicted molar refractivity (Wildman–Crippen MR) is 105 cm³/mol. The summed E-state index contributed by atoms with van der Waals surface area (Å²) in [4.78, 5) is 14.7. The number of anilines is 2. The van der Waals surface area contributed by atoms with Crippen LogP contribution < -0.4 is 20.1 Å². The van der Waals surface area contributed by atoms with Crippen LogP contribution in [0.1, 0.15) is 18.1 Å². The van der Waals surface area contributed by atoms with Gasteiger partial charge in [-0.3, -0.25) is 4.79 Å². The zero-order valence-corrected chi connectivity index (χ0v) is 16.3. The van der Waals surface area contributed by atoms with Gasteiger partial charge in [-0.05, 0) is 61.7 Å². The number of hydrogen-bond acceptors (Lipinski definition) is 5. The van der Waals surface area contributed by atoms with Crippen LogP contribution in [0.15, 0.2) is 41.3 Å². The molecule has 27 heavy (non-hydrogen) atoms. The molecule has 0 aliphatic carbocycles. The quantitative estimate of drug-likeness (QED) is 0.815.